The minimum Gasteiger partial charge on any atom is -0.385 e. The van der Waals surface area contributed by atoms with Crippen molar-refractivity contribution in [3.05, 3.63) is 48.0 Å². The van der Waals surface area contributed by atoms with Crippen molar-refractivity contribution in [1.29, 1.82) is 0 Å². The summed E-state index contributed by atoms with van der Waals surface area (Å²) in [6.45, 7) is 5.97. The summed E-state index contributed by atoms with van der Waals surface area (Å²) in [7, 11) is 0. The van der Waals surface area contributed by atoms with Crippen molar-refractivity contribution < 1.29 is 19.2 Å². The number of nitrogens with zero attached hydrogens (tertiary/aromatic N) is 7. The number of oxime groups is 1. The van der Waals surface area contributed by atoms with Crippen LogP contribution in [0, 0.1) is 11.8 Å². The van der Waals surface area contributed by atoms with Gasteiger partial charge in [-0.15, -0.1) is 0 Å². The maximum absolute atomic E-state index is 13.4. The Kier molecular flexibility index (Phi) is 9.50. The second-order valence-corrected chi connectivity index (χ2v) is 10.6. The van der Waals surface area contributed by atoms with Gasteiger partial charge in [-0.1, -0.05) is 11.2 Å². The first-order chi connectivity index (χ1) is 19.6. The third-order valence-electron chi connectivity index (χ3n) is 7.90. The second-order valence-electron chi connectivity index (χ2n) is 10.6. The molecule has 3 aliphatic heterocycles. The summed E-state index contributed by atoms with van der Waals surface area (Å²) >= 11 is 0. The molecule has 3 aliphatic rings. The van der Waals surface area contributed by atoms with Gasteiger partial charge in [0.25, 0.3) is 5.91 Å². The van der Waals surface area contributed by atoms with Gasteiger partial charge in [0.2, 0.25) is 11.9 Å². The predicted octanol–water partition coefficient (Wildman–Crippen LogP) is 1.18. The number of pyridine rings is 1. The second kappa shape index (κ2) is 13.6. The fraction of sp³-hybridized carbons (Fsp3) is 0.571. The summed E-state index contributed by atoms with van der Waals surface area (Å²) in [5.74, 6) is 0.579. The first kappa shape index (κ1) is 27.9. The lowest BCUT2D eigenvalue weighted by molar-refractivity contribution is -0.140. The van der Waals surface area contributed by atoms with Crippen LogP contribution in [-0.4, -0.2) is 106 Å². The summed E-state index contributed by atoms with van der Waals surface area (Å²) in [5, 5.41) is 4.41. The highest BCUT2D eigenvalue weighted by Crippen LogP contribution is 2.26. The van der Waals surface area contributed by atoms with Crippen LogP contribution in [0.2, 0.25) is 0 Å². The average Bonchev–Trinajstić information content (AvgIpc) is 3.01. The van der Waals surface area contributed by atoms with E-state index in [0.29, 0.717) is 39.4 Å². The summed E-state index contributed by atoms with van der Waals surface area (Å²) in [6, 6.07) is 5.69. The van der Waals surface area contributed by atoms with E-state index in [1.807, 2.05) is 23.1 Å². The minimum absolute atomic E-state index is 0.0499. The molecule has 3 saturated heterocycles. The SMILES string of the molecule is Nc1ncc(CN2CCC(C(=O)N3CCC(/C(=N\OCC(=O)N4CCOCC4)c4ccccn4)CC3)CC2)cn1. The van der Waals surface area contributed by atoms with Gasteiger partial charge < -0.3 is 25.1 Å². The number of aromatic nitrogens is 3. The van der Waals surface area contributed by atoms with Crippen LogP contribution < -0.4 is 5.73 Å². The van der Waals surface area contributed by atoms with E-state index < -0.39 is 0 Å². The van der Waals surface area contributed by atoms with Gasteiger partial charge in [-0.2, -0.15) is 0 Å². The molecule has 12 nitrogen and oxygen atoms in total. The summed E-state index contributed by atoms with van der Waals surface area (Å²) in [4.78, 5) is 50.1. The van der Waals surface area contributed by atoms with Gasteiger partial charge in [0.15, 0.2) is 6.61 Å². The van der Waals surface area contributed by atoms with Gasteiger partial charge in [-0.3, -0.25) is 19.5 Å². The monoisotopic (exact) mass is 550 g/mol. The smallest absolute Gasteiger partial charge is 0.263 e. The van der Waals surface area contributed by atoms with E-state index in [4.69, 9.17) is 15.3 Å². The first-order valence-corrected chi connectivity index (χ1v) is 14.1. The van der Waals surface area contributed by atoms with Crippen LogP contribution in [-0.2, 0) is 25.7 Å². The van der Waals surface area contributed by atoms with Gasteiger partial charge in [0.1, 0.15) is 5.71 Å². The molecule has 5 heterocycles. The van der Waals surface area contributed by atoms with Crippen LogP contribution in [0.15, 0.2) is 41.9 Å². The number of likely N-dealkylation sites (tertiary alicyclic amines) is 2. The van der Waals surface area contributed by atoms with Crippen LogP contribution in [0.25, 0.3) is 0 Å². The molecule has 0 saturated carbocycles. The van der Waals surface area contributed by atoms with E-state index in [2.05, 4.69) is 25.0 Å². The van der Waals surface area contributed by atoms with E-state index in [-0.39, 0.29) is 36.2 Å². The molecule has 2 aromatic rings. The topological polar surface area (TPSA) is 139 Å². The molecule has 40 heavy (non-hydrogen) atoms. The lowest BCUT2D eigenvalue weighted by atomic mass is 9.88. The summed E-state index contributed by atoms with van der Waals surface area (Å²) in [5.41, 5.74) is 8.09. The molecular weight excluding hydrogens is 512 g/mol. The third-order valence-corrected chi connectivity index (χ3v) is 7.90. The molecule has 214 valence electrons. The van der Waals surface area contributed by atoms with Crippen LogP contribution in [0.1, 0.15) is 36.9 Å². The Bertz CT molecular complexity index is 1140. The fourth-order valence-electron chi connectivity index (χ4n) is 5.58. The number of hydrogen-bond donors (Lipinski definition) is 1. The molecule has 0 aromatic carbocycles. The lowest BCUT2D eigenvalue weighted by Crippen LogP contribution is -2.46. The Hall–Kier alpha value is -3.64. The Morgan fingerprint density at radius 1 is 0.925 bits per heavy atom. The fourth-order valence-corrected chi connectivity index (χ4v) is 5.58. The lowest BCUT2D eigenvalue weighted by Gasteiger charge is -2.37. The van der Waals surface area contributed by atoms with Crippen molar-refractivity contribution >= 4 is 23.5 Å². The largest absolute Gasteiger partial charge is 0.385 e. The maximum atomic E-state index is 13.4. The van der Waals surface area contributed by atoms with E-state index in [0.717, 1.165) is 62.3 Å². The standard InChI is InChI=1S/C28H38N8O4/c29-28-31-17-21(18-32-28)19-34-9-4-23(5-10-34)27(38)36-11-6-22(7-12-36)26(24-3-1-2-8-30-24)33-40-20-25(37)35-13-15-39-16-14-35/h1-3,8,17-18,22-23H,4-7,9-16,19-20H2,(H2,29,31,32)/b33-26+. The van der Waals surface area contributed by atoms with Crippen molar-refractivity contribution in [2.24, 2.45) is 17.0 Å². The van der Waals surface area contributed by atoms with Crippen LogP contribution >= 0.6 is 0 Å². The molecule has 0 radical (unpaired) electrons. The Balaban J connectivity index is 1.12. The number of morpholine rings is 1. The van der Waals surface area contributed by atoms with Crippen LogP contribution in [0.5, 0.6) is 0 Å². The Labute approximate surface area is 234 Å². The number of nitrogens with two attached hydrogens (primary N) is 1. The van der Waals surface area contributed by atoms with Gasteiger partial charge in [-0.25, -0.2) is 9.97 Å². The number of anilines is 1. The molecule has 0 unspecified atom stereocenters. The zero-order chi connectivity index (χ0) is 27.7. The quantitative estimate of drug-likeness (QED) is 0.379. The zero-order valence-electron chi connectivity index (χ0n) is 22.9. The number of amides is 2. The molecule has 5 rings (SSSR count). The van der Waals surface area contributed by atoms with Gasteiger partial charge in [0.05, 0.1) is 18.9 Å². The highest BCUT2D eigenvalue weighted by molar-refractivity contribution is 6.00. The number of nitrogen functional groups attached to an aromatic ring is 1. The van der Waals surface area contributed by atoms with Crippen molar-refractivity contribution in [3.63, 3.8) is 0 Å². The Morgan fingerprint density at radius 2 is 1.62 bits per heavy atom. The Morgan fingerprint density at radius 3 is 2.30 bits per heavy atom. The normalized spacial score (nSPS) is 19.9. The number of piperidine rings is 2. The van der Waals surface area contributed by atoms with Crippen molar-refractivity contribution in [1.82, 2.24) is 29.7 Å². The number of carbonyl (C=O) groups excluding carboxylic acids is 2. The number of rotatable bonds is 8. The molecule has 0 spiro atoms. The van der Waals surface area contributed by atoms with Gasteiger partial charge in [-0.05, 0) is 50.9 Å². The van der Waals surface area contributed by atoms with Crippen LogP contribution in [0.4, 0.5) is 5.95 Å². The molecule has 0 aliphatic carbocycles. The van der Waals surface area contributed by atoms with E-state index >= 15 is 0 Å². The molecule has 2 amide bonds. The summed E-state index contributed by atoms with van der Waals surface area (Å²) in [6.07, 6.45) is 8.50. The van der Waals surface area contributed by atoms with Crippen LogP contribution in [0.3, 0.4) is 0 Å². The highest BCUT2D eigenvalue weighted by Gasteiger charge is 2.33. The first-order valence-electron chi connectivity index (χ1n) is 14.1. The van der Waals surface area contributed by atoms with Gasteiger partial charge in [0, 0.05) is 68.7 Å². The summed E-state index contributed by atoms with van der Waals surface area (Å²) < 4.78 is 5.32. The van der Waals surface area contributed by atoms with E-state index in [1.165, 1.54) is 0 Å². The molecule has 12 heteroatoms. The third kappa shape index (κ3) is 7.30. The number of ether oxygens (including phenoxy) is 1. The molecule has 2 N–H and O–H groups in total. The van der Waals surface area contributed by atoms with E-state index in [1.54, 1.807) is 23.5 Å². The van der Waals surface area contributed by atoms with E-state index in [9.17, 15) is 9.59 Å². The molecule has 3 fully saturated rings. The van der Waals surface area contributed by atoms with Gasteiger partial charge >= 0.3 is 0 Å². The van der Waals surface area contributed by atoms with Crippen molar-refractivity contribution in [3.8, 4) is 0 Å². The maximum Gasteiger partial charge on any atom is 0.263 e. The average molecular weight is 551 g/mol. The highest BCUT2D eigenvalue weighted by atomic mass is 16.6. The zero-order valence-corrected chi connectivity index (χ0v) is 22.9. The molecule has 2 aromatic heterocycles. The van der Waals surface area contributed by atoms with Crippen molar-refractivity contribution in [2.45, 2.75) is 32.2 Å². The molecule has 0 atom stereocenters. The minimum atomic E-state index is -0.113. The number of hydrogen-bond acceptors (Lipinski definition) is 10. The van der Waals surface area contributed by atoms with Crippen molar-refractivity contribution in [2.75, 3.05) is 64.8 Å². The molecular formula is C28H38N8O4. The number of carbonyl (C=O) groups is 2. The predicted molar refractivity (Wildman–Crippen MR) is 148 cm³/mol. The molecule has 0 bridgehead atoms.